The van der Waals surface area contributed by atoms with Crippen LogP contribution in [-0.4, -0.2) is 25.2 Å². The number of rotatable bonds is 4. The molecular formula is C16H23ClN6O2S. The number of benzene rings is 1. The van der Waals surface area contributed by atoms with Crippen LogP contribution in [0.5, 0.6) is 0 Å². The molecule has 0 aliphatic carbocycles. The minimum absolute atomic E-state index is 0.0687. The lowest BCUT2D eigenvalue weighted by Gasteiger charge is -2.15. The van der Waals surface area contributed by atoms with Gasteiger partial charge in [0.1, 0.15) is 10.7 Å². The Kier molecular flexibility index (Phi) is 7.29. The van der Waals surface area contributed by atoms with Crippen molar-refractivity contribution in [1.82, 2.24) is 9.78 Å². The Bertz CT molecular complexity index is 916. The van der Waals surface area contributed by atoms with Crippen LogP contribution in [0.4, 0.5) is 17.2 Å². The summed E-state index contributed by atoms with van der Waals surface area (Å²) in [5.74, 6) is 0.259. The summed E-state index contributed by atoms with van der Waals surface area (Å²) in [7, 11) is -0.568. The summed E-state index contributed by atoms with van der Waals surface area (Å²) in [6.45, 7) is 5.52. The molecule has 1 aromatic carbocycles. The van der Waals surface area contributed by atoms with Gasteiger partial charge in [0, 0.05) is 25.0 Å². The molecule has 2 aromatic rings. The van der Waals surface area contributed by atoms with E-state index >= 15 is 0 Å². The maximum absolute atomic E-state index is 12.4. The number of nitriles is 1. The molecule has 0 radical (unpaired) electrons. The van der Waals surface area contributed by atoms with Crippen LogP contribution in [0.25, 0.3) is 0 Å². The number of sulfonamides is 1. The fourth-order valence-corrected chi connectivity index (χ4v) is 3.25. The number of hydrogen-bond donors (Lipinski definition) is 3. The Morgan fingerprint density at radius 2 is 1.96 bits per heavy atom. The second kappa shape index (κ2) is 8.78. The molecule has 0 fully saturated rings. The van der Waals surface area contributed by atoms with Crippen molar-refractivity contribution in [2.45, 2.75) is 25.7 Å². The molecule has 8 nitrogen and oxygen atoms in total. The summed E-state index contributed by atoms with van der Waals surface area (Å²) in [5, 5.41) is 15.2. The third-order valence-electron chi connectivity index (χ3n) is 3.39. The van der Waals surface area contributed by atoms with E-state index in [-0.39, 0.29) is 16.6 Å². The number of aromatic nitrogens is 2. The van der Waals surface area contributed by atoms with Gasteiger partial charge in [-0.3, -0.25) is 9.40 Å². The van der Waals surface area contributed by atoms with E-state index in [4.69, 9.17) is 22.6 Å². The van der Waals surface area contributed by atoms with Gasteiger partial charge in [0.05, 0.1) is 23.6 Å². The molecule has 0 saturated carbocycles. The summed E-state index contributed by atoms with van der Waals surface area (Å²) >= 11 is 6.03. The number of nitrogens with two attached hydrogens (primary N) is 1. The predicted molar refractivity (Wildman–Crippen MR) is 105 cm³/mol. The number of halogens is 1. The Hall–Kier alpha value is -2.44. The van der Waals surface area contributed by atoms with E-state index in [0.29, 0.717) is 16.4 Å². The lowest BCUT2D eigenvalue weighted by Crippen LogP contribution is -2.16. The minimum atomic E-state index is -3.83. The van der Waals surface area contributed by atoms with Crippen molar-refractivity contribution < 1.29 is 8.42 Å². The monoisotopic (exact) mass is 398 g/mol. The van der Waals surface area contributed by atoms with Gasteiger partial charge in [0.25, 0.3) is 10.0 Å². The number of nitrogens with one attached hydrogen (secondary N) is 2. The molecule has 4 N–H and O–H groups in total. The number of hydrogen-bond acceptors (Lipinski definition) is 6. The van der Waals surface area contributed by atoms with E-state index in [0.717, 1.165) is 5.56 Å². The van der Waals surface area contributed by atoms with Gasteiger partial charge in [-0.05, 0) is 38.5 Å². The van der Waals surface area contributed by atoms with Gasteiger partial charge in [-0.1, -0.05) is 11.6 Å². The summed E-state index contributed by atoms with van der Waals surface area (Å²) in [4.78, 5) is -0.0698. The van der Waals surface area contributed by atoms with Gasteiger partial charge in [-0.15, -0.1) is 0 Å². The lowest BCUT2D eigenvalue weighted by atomic mass is 10.1. The first-order valence-electron chi connectivity index (χ1n) is 7.71. The maximum atomic E-state index is 12.4. The average molecular weight is 399 g/mol. The predicted octanol–water partition coefficient (Wildman–Crippen LogP) is 2.97. The molecule has 0 aliphatic heterocycles. The highest BCUT2D eigenvalue weighted by Crippen LogP contribution is 2.33. The summed E-state index contributed by atoms with van der Waals surface area (Å²) in [6, 6.07) is 5.24. The van der Waals surface area contributed by atoms with Crippen molar-refractivity contribution in [3.05, 3.63) is 28.9 Å². The first kappa shape index (κ1) is 21.6. The van der Waals surface area contributed by atoms with E-state index < -0.39 is 10.0 Å². The normalized spacial score (nSPS) is 10.7. The zero-order valence-corrected chi connectivity index (χ0v) is 16.9. The highest BCUT2D eigenvalue weighted by Gasteiger charge is 2.22. The second-order valence-electron chi connectivity index (χ2n) is 5.75. The van der Waals surface area contributed by atoms with Crippen molar-refractivity contribution >= 4 is 38.8 Å². The van der Waals surface area contributed by atoms with E-state index in [1.54, 1.807) is 33.2 Å². The lowest BCUT2D eigenvalue weighted by molar-refractivity contribution is 0.601. The van der Waals surface area contributed by atoms with Crippen LogP contribution in [0.3, 0.4) is 0 Å². The Morgan fingerprint density at radius 3 is 2.38 bits per heavy atom. The SMILES string of the molecule is CC(C)C#N.CNc1c(NS(=O)(=O)c2cnn(C)c2N)ccc(Cl)c1C. The third kappa shape index (κ3) is 5.03. The molecule has 0 atom stereocenters. The fourth-order valence-electron chi connectivity index (χ4n) is 1.93. The molecule has 2 rings (SSSR count). The quantitative estimate of drug-likeness (QED) is 0.726. The van der Waals surface area contributed by atoms with Gasteiger partial charge in [-0.2, -0.15) is 10.4 Å². The van der Waals surface area contributed by atoms with E-state index in [2.05, 4.69) is 15.1 Å². The van der Waals surface area contributed by atoms with Gasteiger partial charge < -0.3 is 11.1 Å². The standard InChI is InChI=1S/C12H16ClN5O2S.C4H7N/c1-7-8(13)4-5-9(11(7)15-2)17-21(19,20)10-6-16-18(3)12(10)14;1-4(2)3-5/h4-6,15,17H,14H2,1-3H3;4H,1-2H3. The summed E-state index contributed by atoms with van der Waals surface area (Å²) in [5.41, 5.74) is 7.46. The van der Waals surface area contributed by atoms with Crippen molar-refractivity contribution in [2.75, 3.05) is 22.8 Å². The molecule has 1 heterocycles. The van der Waals surface area contributed by atoms with Gasteiger partial charge in [0.15, 0.2) is 0 Å². The molecule has 10 heteroatoms. The summed E-state index contributed by atoms with van der Waals surface area (Å²) < 4.78 is 28.6. The van der Waals surface area contributed by atoms with Crippen LogP contribution >= 0.6 is 11.6 Å². The molecule has 0 saturated heterocycles. The number of nitrogen functional groups attached to an aromatic ring is 1. The van der Waals surface area contributed by atoms with Crippen molar-refractivity contribution in [3.63, 3.8) is 0 Å². The number of aryl methyl sites for hydroxylation is 1. The van der Waals surface area contributed by atoms with Crippen LogP contribution in [0.1, 0.15) is 19.4 Å². The van der Waals surface area contributed by atoms with E-state index in [9.17, 15) is 8.42 Å². The number of anilines is 3. The Balaban J connectivity index is 0.000000597. The van der Waals surface area contributed by atoms with Gasteiger partial charge in [-0.25, -0.2) is 8.42 Å². The van der Waals surface area contributed by atoms with Crippen LogP contribution < -0.4 is 15.8 Å². The van der Waals surface area contributed by atoms with Crippen molar-refractivity contribution in [2.24, 2.45) is 13.0 Å². The molecular weight excluding hydrogens is 376 g/mol. The summed E-state index contributed by atoms with van der Waals surface area (Å²) in [6.07, 6.45) is 1.21. The van der Waals surface area contributed by atoms with Crippen LogP contribution in [-0.2, 0) is 17.1 Å². The Morgan fingerprint density at radius 1 is 1.38 bits per heavy atom. The first-order valence-corrected chi connectivity index (χ1v) is 9.58. The maximum Gasteiger partial charge on any atom is 0.267 e. The first-order chi connectivity index (χ1) is 12.0. The zero-order chi connectivity index (χ0) is 20.1. The topological polar surface area (TPSA) is 126 Å². The molecule has 1 aromatic heterocycles. The van der Waals surface area contributed by atoms with Gasteiger partial charge in [0.2, 0.25) is 0 Å². The average Bonchev–Trinajstić information content (AvgIpc) is 2.92. The molecule has 0 unspecified atom stereocenters. The molecule has 0 bridgehead atoms. The molecule has 0 spiro atoms. The zero-order valence-electron chi connectivity index (χ0n) is 15.3. The van der Waals surface area contributed by atoms with Crippen LogP contribution in [0.15, 0.2) is 23.2 Å². The minimum Gasteiger partial charge on any atom is -0.386 e. The van der Waals surface area contributed by atoms with Crippen molar-refractivity contribution in [1.29, 1.82) is 5.26 Å². The highest BCUT2D eigenvalue weighted by atomic mass is 35.5. The smallest absolute Gasteiger partial charge is 0.267 e. The fraction of sp³-hybridized carbons (Fsp3) is 0.375. The van der Waals surface area contributed by atoms with E-state index in [1.807, 2.05) is 19.9 Å². The van der Waals surface area contributed by atoms with Crippen LogP contribution in [0.2, 0.25) is 5.02 Å². The highest BCUT2D eigenvalue weighted by molar-refractivity contribution is 7.92. The second-order valence-corrected chi connectivity index (χ2v) is 7.81. The Labute approximate surface area is 159 Å². The third-order valence-corrected chi connectivity index (χ3v) is 5.18. The molecule has 0 amide bonds. The van der Waals surface area contributed by atoms with E-state index in [1.165, 1.54) is 10.9 Å². The van der Waals surface area contributed by atoms with Gasteiger partial charge >= 0.3 is 0 Å². The van der Waals surface area contributed by atoms with Crippen molar-refractivity contribution in [3.8, 4) is 6.07 Å². The molecule has 26 heavy (non-hydrogen) atoms. The molecule has 142 valence electrons. The van der Waals surface area contributed by atoms with Crippen LogP contribution in [0, 0.1) is 24.2 Å². The largest absolute Gasteiger partial charge is 0.386 e. The number of nitrogens with zero attached hydrogens (tertiary/aromatic N) is 3. The molecule has 0 aliphatic rings.